The number of aromatic nitrogens is 2. The average Bonchev–Trinajstić information content (AvgIpc) is 3.22. The smallest absolute Gasteiger partial charge is 0.352 e. The molecule has 0 radical (unpaired) electrons. The summed E-state index contributed by atoms with van der Waals surface area (Å²) in [4.78, 5) is 11.8. The van der Waals surface area contributed by atoms with E-state index in [1.165, 1.54) is 17.4 Å². The molecule has 0 saturated carbocycles. The van der Waals surface area contributed by atoms with Crippen molar-refractivity contribution in [1.82, 2.24) is 24.7 Å². The summed E-state index contributed by atoms with van der Waals surface area (Å²) in [5.41, 5.74) is 2.30. The summed E-state index contributed by atoms with van der Waals surface area (Å²) in [5.74, 6) is 0.715. The Bertz CT molecular complexity index is 778. The van der Waals surface area contributed by atoms with E-state index in [0.717, 1.165) is 12.1 Å². The molecule has 9 heteroatoms. The molecule has 1 aliphatic heterocycles. The van der Waals surface area contributed by atoms with Crippen molar-refractivity contribution in [2.24, 2.45) is 4.99 Å². The third-order valence-corrected chi connectivity index (χ3v) is 5.24. The minimum absolute atomic E-state index is 0.365. The fourth-order valence-corrected chi connectivity index (χ4v) is 3.40. The molecular formula is C20H27F3N6. The van der Waals surface area contributed by atoms with E-state index in [0.29, 0.717) is 38.7 Å². The molecular weight excluding hydrogens is 381 g/mol. The summed E-state index contributed by atoms with van der Waals surface area (Å²) in [5, 5.41) is 3.31. The van der Waals surface area contributed by atoms with E-state index in [1.807, 2.05) is 15.7 Å². The monoisotopic (exact) mass is 408 g/mol. The molecule has 6 nitrogen and oxygen atoms in total. The molecule has 3 rings (SSSR count). The molecule has 1 fully saturated rings. The standard InChI is InChI=1S/C20H27F3N6/c1-16(20(21,22)23)28-9-11-29(12-10-28)19(24-2)26-13-17-3-5-18(6-4-17)14-27-8-7-25-15-27/h3-8,15-16H,9-14H2,1-2H3,(H,24,26). The molecule has 0 aliphatic carbocycles. The van der Waals surface area contributed by atoms with Crippen LogP contribution in [0.2, 0.25) is 0 Å². The lowest BCUT2D eigenvalue weighted by atomic mass is 10.1. The van der Waals surface area contributed by atoms with Gasteiger partial charge >= 0.3 is 6.18 Å². The molecule has 29 heavy (non-hydrogen) atoms. The number of rotatable bonds is 5. The fraction of sp³-hybridized carbons (Fsp3) is 0.500. The summed E-state index contributed by atoms with van der Waals surface area (Å²) in [7, 11) is 1.70. The Morgan fingerprint density at radius 2 is 1.79 bits per heavy atom. The van der Waals surface area contributed by atoms with Crippen LogP contribution < -0.4 is 5.32 Å². The van der Waals surface area contributed by atoms with Gasteiger partial charge in [0.15, 0.2) is 5.96 Å². The van der Waals surface area contributed by atoms with Crippen LogP contribution in [0.4, 0.5) is 13.2 Å². The third kappa shape index (κ3) is 5.72. The molecule has 0 spiro atoms. The zero-order valence-electron chi connectivity index (χ0n) is 16.7. The summed E-state index contributed by atoms with van der Waals surface area (Å²) in [6, 6.07) is 6.87. The first kappa shape index (κ1) is 21.2. The topological polar surface area (TPSA) is 48.7 Å². The Kier molecular flexibility index (Phi) is 6.79. The Balaban J connectivity index is 1.48. The number of imidazole rings is 1. The number of nitrogens with zero attached hydrogens (tertiary/aromatic N) is 5. The molecule has 1 saturated heterocycles. The van der Waals surface area contributed by atoms with Crippen LogP contribution in [0.15, 0.2) is 48.0 Å². The number of hydrogen-bond donors (Lipinski definition) is 1. The van der Waals surface area contributed by atoms with Crippen LogP contribution in [0.5, 0.6) is 0 Å². The van der Waals surface area contributed by atoms with Crippen molar-refractivity contribution >= 4 is 5.96 Å². The largest absolute Gasteiger partial charge is 0.403 e. The minimum atomic E-state index is -4.19. The van der Waals surface area contributed by atoms with E-state index in [9.17, 15) is 13.2 Å². The number of alkyl halides is 3. The van der Waals surface area contributed by atoms with E-state index in [-0.39, 0.29) is 0 Å². The summed E-state index contributed by atoms with van der Waals surface area (Å²) < 4.78 is 40.7. The number of aliphatic imine (C=N–C) groups is 1. The van der Waals surface area contributed by atoms with Crippen LogP contribution in [-0.2, 0) is 13.1 Å². The van der Waals surface area contributed by atoms with E-state index in [1.54, 1.807) is 19.6 Å². The SMILES string of the molecule is CN=C(NCc1ccc(Cn2ccnc2)cc1)N1CCN(C(C)C(F)(F)F)CC1. The highest BCUT2D eigenvalue weighted by Gasteiger charge is 2.41. The van der Waals surface area contributed by atoms with E-state index >= 15 is 0 Å². The van der Waals surface area contributed by atoms with Gasteiger partial charge in [-0.05, 0) is 18.1 Å². The van der Waals surface area contributed by atoms with Crippen molar-refractivity contribution in [3.8, 4) is 0 Å². The van der Waals surface area contributed by atoms with Crippen molar-refractivity contribution in [3.63, 3.8) is 0 Å². The van der Waals surface area contributed by atoms with Crippen molar-refractivity contribution in [2.75, 3.05) is 33.2 Å². The first-order valence-corrected chi connectivity index (χ1v) is 9.66. The predicted octanol–water partition coefficient (Wildman–Crippen LogP) is 2.58. The van der Waals surface area contributed by atoms with Crippen molar-refractivity contribution in [3.05, 3.63) is 54.1 Å². The Hall–Kier alpha value is -2.55. The number of halogens is 3. The molecule has 158 valence electrons. The highest BCUT2D eigenvalue weighted by Crippen LogP contribution is 2.25. The minimum Gasteiger partial charge on any atom is -0.352 e. The first-order valence-electron chi connectivity index (χ1n) is 9.66. The van der Waals surface area contributed by atoms with E-state index in [4.69, 9.17) is 0 Å². The van der Waals surface area contributed by atoms with Gasteiger partial charge in [-0.25, -0.2) is 4.98 Å². The van der Waals surface area contributed by atoms with Crippen LogP contribution in [0.3, 0.4) is 0 Å². The summed E-state index contributed by atoms with van der Waals surface area (Å²) >= 11 is 0. The molecule has 1 unspecified atom stereocenters. The quantitative estimate of drug-likeness (QED) is 0.610. The van der Waals surface area contributed by atoms with E-state index in [2.05, 4.69) is 39.6 Å². The second-order valence-electron chi connectivity index (χ2n) is 7.19. The van der Waals surface area contributed by atoms with Crippen molar-refractivity contribution in [2.45, 2.75) is 32.2 Å². The lowest BCUT2D eigenvalue weighted by Crippen LogP contribution is -2.56. The lowest BCUT2D eigenvalue weighted by molar-refractivity contribution is -0.181. The van der Waals surface area contributed by atoms with Gasteiger partial charge in [-0.15, -0.1) is 0 Å². The second-order valence-corrected chi connectivity index (χ2v) is 7.19. The second kappa shape index (κ2) is 9.30. The number of piperazine rings is 1. The third-order valence-electron chi connectivity index (χ3n) is 5.24. The van der Waals surface area contributed by atoms with E-state index < -0.39 is 12.2 Å². The zero-order valence-corrected chi connectivity index (χ0v) is 16.7. The molecule has 1 aromatic heterocycles. The van der Waals surface area contributed by atoms with Crippen LogP contribution in [0, 0.1) is 0 Å². The number of hydrogen-bond acceptors (Lipinski definition) is 3. The Morgan fingerprint density at radius 3 is 2.34 bits per heavy atom. The summed E-state index contributed by atoms with van der Waals surface area (Å²) in [6.45, 7) is 4.37. The Labute approximate surface area is 169 Å². The van der Waals surface area contributed by atoms with Gasteiger partial charge in [0.1, 0.15) is 6.04 Å². The van der Waals surface area contributed by atoms with Gasteiger partial charge in [0.2, 0.25) is 0 Å². The van der Waals surface area contributed by atoms with Crippen molar-refractivity contribution < 1.29 is 13.2 Å². The van der Waals surface area contributed by atoms with Gasteiger partial charge in [0.05, 0.1) is 6.33 Å². The molecule has 1 aromatic carbocycles. The highest BCUT2D eigenvalue weighted by molar-refractivity contribution is 5.80. The normalized spacial score (nSPS) is 17.4. The van der Waals surface area contributed by atoms with Crippen LogP contribution in [-0.4, -0.2) is 70.8 Å². The number of guanidine groups is 1. The fourth-order valence-electron chi connectivity index (χ4n) is 3.40. The van der Waals surface area contributed by atoms with Crippen LogP contribution in [0.1, 0.15) is 18.1 Å². The van der Waals surface area contributed by atoms with Crippen LogP contribution >= 0.6 is 0 Å². The van der Waals surface area contributed by atoms with Gasteiger partial charge < -0.3 is 14.8 Å². The lowest BCUT2D eigenvalue weighted by Gasteiger charge is -2.39. The van der Waals surface area contributed by atoms with Gasteiger partial charge in [-0.1, -0.05) is 24.3 Å². The number of benzene rings is 1. The molecule has 1 atom stereocenters. The molecule has 2 aromatic rings. The predicted molar refractivity (Wildman–Crippen MR) is 107 cm³/mol. The maximum absolute atomic E-state index is 12.9. The van der Waals surface area contributed by atoms with Gasteiger partial charge in [-0.2, -0.15) is 13.2 Å². The Morgan fingerprint density at radius 1 is 1.14 bits per heavy atom. The highest BCUT2D eigenvalue weighted by atomic mass is 19.4. The molecule has 0 bridgehead atoms. The van der Waals surface area contributed by atoms with Crippen LogP contribution in [0.25, 0.3) is 0 Å². The average molecular weight is 408 g/mol. The zero-order chi connectivity index (χ0) is 20.9. The molecule has 0 amide bonds. The van der Waals surface area contributed by atoms with Gasteiger partial charge in [-0.3, -0.25) is 9.89 Å². The first-order chi connectivity index (χ1) is 13.9. The summed E-state index contributed by atoms with van der Waals surface area (Å²) in [6.07, 6.45) is 1.28. The molecule has 1 N–H and O–H groups in total. The van der Waals surface area contributed by atoms with Crippen molar-refractivity contribution in [1.29, 1.82) is 0 Å². The van der Waals surface area contributed by atoms with Gasteiger partial charge in [0.25, 0.3) is 0 Å². The molecule has 2 heterocycles. The van der Waals surface area contributed by atoms with Gasteiger partial charge in [0, 0.05) is 58.7 Å². The molecule has 1 aliphatic rings. The maximum Gasteiger partial charge on any atom is 0.403 e. The maximum atomic E-state index is 12.9. The number of nitrogens with one attached hydrogen (secondary N) is 1.